The van der Waals surface area contributed by atoms with Crippen LogP contribution in [0, 0.1) is 6.92 Å². The predicted molar refractivity (Wildman–Crippen MR) is 104 cm³/mol. The molecule has 0 saturated heterocycles. The number of pyridine rings is 1. The van der Waals surface area contributed by atoms with Crippen LogP contribution in [0.25, 0.3) is 0 Å². The van der Waals surface area contributed by atoms with E-state index in [2.05, 4.69) is 15.6 Å². The first-order chi connectivity index (χ1) is 13.1. The minimum Gasteiger partial charge on any atom is -0.497 e. The number of anilines is 2. The summed E-state index contributed by atoms with van der Waals surface area (Å²) < 4.78 is 5.09. The topological polar surface area (TPSA) is 80.3 Å². The number of amides is 2. The van der Waals surface area contributed by atoms with Crippen molar-refractivity contribution >= 4 is 23.2 Å². The highest BCUT2D eigenvalue weighted by atomic mass is 16.5. The fourth-order valence-electron chi connectivity index (χ4n) is 2.51. The van der Waals surface area contributed by atoms with Crippen LogP contribution in [0.3, 0.4) is 0 Å². The third-order valence-electron chi connectivity index (χ3n) is 4.06. The summed E-state index contributed by atoms with van der Waals surface area (Å²) in [4.78, 5) is 29.2. The molecule has 0 radical (unpaired) electrons. The van der Waals surface area contributed by atoms with Crippen LogP contribution in [0.4, 0.5) is 11.4 Å². The summed E-state index contributed by atoms with van der Waals surface area (Å²) >= 11 is 0. The quantitative estimate of drug-likeness (QED) is 0.722. The van der Waals surface area contributed by atoms with Gasteiger partial charge in [-0.1, -0.05) is 12.1 Å². The Morgan fingerprint density at radius 2 is 1.59 bits per heavy atom. The molecule has 3 rings (SSSR count). The first-order valence-corrected chi connectivity index (χ1v) is 8.35. The largest absolute Gasteiger partial charge is 0.497 e. The van der Waals surface area contributed by atoms with Crippen LogP contribution in [0.5, 0.6) is 5.75 Å². The predicted octanol–water partition coefficient (Wildman–Crippen LogP) is 3.90. The summed E-state index contributed by atoms with van der Waals surface area (Å²) in [6.45, 7) is 1.88. The molecule has 27 heavy (non-hydrogen) atoms. The molecule has 0 bridgehead atoms. The van der Waals surface area contributed by atoms with Gasteiger partial charge in [0.1, 0.15) is 5.75 Å². The molecule has 1 heterocycles. The molecule has 0 aliphatic carbocycles. The number of carbonyl (C=O) groups excluding carboxylic acids is 2. The molecular weight excluding hydrogens is 342 g/mol. The van der Waals surface area contributed by atoms with Crippen molar-refractivity contribution in [1.82, 2.24) is 4.98 Å². The van der Waals surface area contributed by atoms with Crippen LogP contribution in [-0.2, 0) is 0 Å². The normalized spacial score (nSPS) is 10.1. The number of nitrogens with one attached hydrogen (secondary N) is 2. The van der Waals surface area contributed by atoms with Crippen molar-refractivity contribution in [1.29, 1.82) is 0 Å². The van der Waals surface area contributed by atoms with Gasteiger partial charge >= 0.3 is 0 Å². The number of hydrogen-bond donors (Lipinski definition) is 2. The molecule has 0 aliphatic rings. The maximum Gasteiger partial charge on any atom is 0.257 e. The molecule has 3 aromatic rings. The zero-order valence-electron chi connectivity index (χ0n) is 15.0. The number of aromatic nitrogens is 1. The van der Waals surface area contributed by atoms with Crippen molar-refractivity contribution in [2.24, 2.45) is 0 Å². The Bertz CT molecular complexity index is 968. The zero-order valence-corrected chi connectivity index (χ0v) is 15.0. The van der Waals surface area contributed by atoms with Gasteiger partial charge in [0.15, 0.2) is 0 Å². The smallest absolute Gasteiger partial charge is 0.257 e. The number of benzene rings is 2. The summed E-state index contributed by atoms with van der Waals surface area (Å²) in [5.74, 6) is 0.0327. The first kappa shape index (κ1) is 18.1. The van der Waals surface area contributed by atoms with Crippen LogP contribution >= 0.6 is 0 Å². The number of para-hydroxylation sites is 1. The van der Waals surface area contributed by atoms with Crippen LogP contribution in [0.1, 0.15) is 26.3 Å². The van der Waals surface area contributed by atoms with E-state index in [4.69, 9.17) is 4.74 Å². The van der Waals surface area contributed by atoms with Crippen molar-refractivity contribution in [3.05, 3.63) is 83.7 Å². The summed E-state index contributed by atoms with van der Waals surface area (Å²) in [7, 11) is 1.56. The van der Waals surface area contributed by atoms with Gasteiger partial charge in [0, 0.05) is 11.8 Å². The number of hydrogen-bond acceptors (Lipinski definition) is 4. The maximum absolute atomic E-state index is 12.7. The summed E-state index contributed by atoms with van der Waals surface area (Å²) in [5.41, 5.74) is 2.78. The van der Waals surface area contributed by atoms with E-state index in [1.807, 2.05) is 13.0 Å². The van der Waals surface area contributed by atoms with E-state index in [0.29, 0.717) is 28.3 Å². The van der Waals surface area contributed by atoms with Crippen molar-refractivity contribution in [3.8, 4) is 5.75 Å². The van der Waals surface area contributed by atoms with Gasteiger partial charge in [-0.25, -0.2) is 0 Å². The van der Waals surface area contributed by atoms with Crippen molar-refractivity contribution < 1.29 is 14.3 Å². The number of rotatable bonds is 5. The molecule has 2 amide bonds. The highest BCUT2D eigenvalue weighted by molar-refractivity contribution is 6.12. The van der Waals surface area contributed by atoms with E-state index >= 15 is 0 Å². The van der Waals surface area contributed by atoms with Gasteiger partial charge in [-0.05, 0) is 55.0 Å². The lowest BCUT2D eigenvalue weighted by molar-refractivity contribution is 0.102. The Labute approximate surface area is 157 Å². The lowest BCUT2D eigenvalue weighted by Crippen LogP contribution is -2.18. The highest BCUT2D eigenvalue weighted by Crippen LogP contribution is 2.20. The molecule has 0 spiro atoms. The molecule has 6 nitrogen and oxygen atoms in total. The Morgan fingerprint density at radius 1 is 0.889 bits per heavy atom. The molecule has 6 heteroatoms. The molecule has 136 valence electrons. The third-order valence-corrected chi connectivity index (χ3v) is 4.06. The summed E-state index contributed by atoms with van der Waals surface area (Å²) in [6, 6.07) is 15.4. The average Bonchev–Trinajstić information content (AvgIpc) is 2.70. The molecule has 0 fully saturated rings. The molecular formula is C21H19N3O3. The number of aryl methyl sites for hydroxylation is 1. The fourth-order valence-corrected chi connectivity index (χ4v) is 2.51. The third kappa shape index (κ3) is 4.30. The van der Waals surface area contributed by atoms with E-state index in [1.54, 1.807) is 68.0 Å². The van der Waals surface area contributed by atoms with Crippen LogP contribution in [0.15, 0.2) is 67.0 Å². The zero-order chi connectivity index (χ0) is 19.2. The Balaban J connectivity index is 1.79. The van der Waals surface area contributed by atoms with Gasteiger partial charge in [0.2, 0.25) is 0 Å². The molecule has 2 N–H and O–H groups in total. The number of ether oxygens (including phenoxy) is 1. The Morgan fingerprint density at radius 3 is 2.30 bits per heavy atom. The number of carbonyl (C=O) groups is 2. The lowest BCUT2D eigenvalue weighted by atomic mass is 10.1. The van der Waals surface area contributed by atoms with Crippen molar-refractivity contribution in [2.45, 2.75) is 6.92 Å². The average molecular weight is 361 g/mol. The van der Waals surface area contributed by atoms with Gasteiger partial charge in [-0.3, -0.25) is 14.6 Å². The standard InChI is InChI=1S/C21H19N3O3/c1-14-11-12-22-13-19(14)24-21(26)17-5-3-4-6-18(17)23-20(25)15-7-9-16(27-2)10-8-15/h3-13H,1-2H3,(H,23,25)(H,24,26). The van der Waals surface area contributed by atoms with E-state index < -0.39 is 0 Å². The van der Waals surface area contributed by atoms with Crippen LogP contribution in [-0.4, -0.2) is 23.9 Å². The molecule has 0 unspecified atom stereocenters. The van der Waals surface area contributed by atoms with Gasteiger partial charge in [-0.2, -0.15) is 0 Å². The number of methoxy groups -OCH3 is 1. The maximum atomic E-state index is 12.7. The van der Waals surface area contributed by atoms with Crippen LogP contribution in [0.2, 0.25) is 0 Å². The summed E-state index contributed by atoms with van der Waals surface area (Å²) in [6.07, 6.45) is 3.25. The van der Waals surface area contributed by atoms with Gasteiger partial charge in [0.25, 0.3) is 11.8 Å². The molecule has 0 aliphatic heterocycles. The fraction of sp³-hybridized carbons (Fsp3) is 0.0952. The Hall–Kier alpha value is -3.67. The SMILES string of the molecule is COc1ccc(C(=O)Nc2ccccc2C(=O)Nc2cnccc2C)cc1. The second-order valence-electron chi connectivity index (χ2n) is 5.87. The van der Waals surface area contributed by atoms with Crippen LogP contribution < -0.4 is 15.4 Å². The molecule has 0 atom stereocenters. The Kier molecular flexibility index (Phi) is 5.47. The lowest BCUT2D eigenvalue weighted by Gasteiger charge is -2.12. The van der Waals surface area contributed by atoms with Gasteiger partial charge in [-0.15, -0.1) is 0 Å². The van der Waals surface area contributed by atoms with E-state index in [0.717, 1.165) is 5.56 Å². The monoisotopic (exact) mass is 361 g/mol. The minimum absolute atomic E-state index is 0.310. The van der Waals surface area contributed by atoms with E-state index in [1.165, 1.54) is 0 Å². The van der Waals surface area contributed by atoms with Crippen molar-refractivity contribution in [3.63, 3.8) is 0 Å². The van der Waals surface area contributed by atoms with E-state index in [9.17, 15) is 9.59 Å². The van der Waals surface area contributed by atoms with Gasteiger partial charge < -0.3 is 15.4 Å². The van der Waals surface area contributed by atoms with Gasteiger partial charge in [0.05, 0.1) is 30.2 Å². The second kappa shape index (κ2) is 8.14. The minimum atomic E-state index is -0.322. The molecule has 1 aromatic heterocycles. The van der Waals surface area contributed by atoms with E-state index in [-0.39, 0.29) is 11.8 Å². The second-order valence-corrected chi connectivity index (χ2v) is 5.87. The van der Waals surface area contributed by atoms with Crippen molar-refractivity contribution in [2.75, 3.05) is 17.7 Å². The number of nitrogens with zero attached hydrogens (tertiary/aromatic N) is 1. The summed E-state index contributed by atoms with van der Waals surface area (Å²) in [5, 5.41) is 5.62. The first-order valence-electron chi connectivity index (χ1n) is 8.35. The highest BCUT2D eigenvalue weighted by Gasteiger charge is 2.15. The molecule has 0 saturated carbocycles. The molecule has 2 aromatic carbocycles.